The van der Waals surface area contributed by atoms with Gasteiger partial charge in [-0.15, -0.1) is 0 Å². The molecule has 0 saturated carbocycles. The number of aliphatic carboxylic acids is 1. The van der Waals surface area contributed by atoms with E-state index in [1.54, 1.807) is 4.57 Å². The van der Waals surface area contributed by atoms with E-state index in [-0.39, 0.29) is 6.54 Å². The Balaban J connectivity index is 1.84. The first-order valence-corrected chi connectivity index (χ1v) is 8.06. The summed E-state index contributed by atoms with van der Waals surface area (Å²) < 4.78 is 3.69. The number of carboxylic acids is 1. The SMILES string of the molecule is CCn1c(Nc2nc3ccccc3n2CC(=O)O)nc2ccccc21. The molecular weight excluding hydrogens is 318 g/mol. The number of hydrogen-bond acceptors (Lipinski definition) is 4. The van der Waals surface area contributed by atoms with Crippen LogP contribution in [-0.4, -0.2) is 30.2 Å². The van der Waals surface area contributed by atoms with Gasteiger partial charge in [-0.3, -0.25) is 14.7 Å². The van der Waals surface area contributed by atoms with E-state index in [0.717, 1.165) is 28.6 Å². The van der Waals surface area contributed by atoms with Crippen LogP contribution in [-0.2, 0) is 17.9 Å². The van der Waals surface area contributed by atoms with Crippen molar-refractivity contribution >= 4 is 39.9 Å². The van der Waals surface area contributed by atoms with Crippen LogP contribution in [0, 0.1) is 0 Å². The number of nitrogens with zero attached hydrogens (tertiary/aromatic N) is 4. The molecule has 0 atom stereocenters. The lowest BCUT2D eigenvalue weighted by molar-refractivity contribution is -0.137. The van der Waals surface area contributed by atoms with Gasteiger partial charge in [-0.25, -0.2) is 9.97 Å². The molecule has 0 aliphatic heterocycles. The van der Waals surface area contributed by atoms with Crippen LogP contribution in [0.25, 0.3) is 22.1 Å². The Morgan fingerprint density at radius 2 is 1.48 bits per heavy atom. The van der Waals surface area contributed by atoms with Crippen LogP contribution in [0.3, 0.4) is 0 Å². The molecule has 0 unspecified atom stereocenters. The average Bonchev–Trinajstić information content (AvgIpc) is 3.12. The first kappa shape index (κ1) is 15.2. The largest absolute Gasteiger partial charge is 0.480 e. The predicted molar refractivity (Wildman–Crippen MR) is 96.1 cm³/mol. The molecule has 4 rings (SSSR count). The van der Waals surface area contributed by atoms with E-state index in [2.05, 4.69) is 15.3 Å². The second-order valence-electron chi connectivity index (χ2n) is 5.70. The standard InChI is InChI=1S/C18H17N5O2/c1-2-22-14-9-5-3-7-12(14)19-17(22)21-18-20-13-8-4-6-10-15(13)23(18)11-16(24)25/h3-10H,2,11H2,1H3,(H,24,25)(H,19,20,21). The van der Waals surface area contributed by atoms with Crippen molar-refractivity contribution in [1.29, 1.82) is 0 Å². The van der Waals surface area contributed by atoms with Gasteiger partial charge in [0.15, 0.2) is 0 Å². The highest BCUT2D eigenvalue weighted by atomic mass is 16.4. The topological polar surface area (TPSA) is 85.0 Å². The van der Waals surface area contributed by atoms with E-state index in [9.17, 15) is 9.90 Å². The third kappa shape index (κ3) is 2.59. The Bertz CT molecular complexity index is 1080. The number of carboxylic acid groups (broad SMARTS) is 1. The summed E-state index contributed by atoms with van der Waals surface area (Å²) in [4.78, 5) is 20.4. The Morgan fingerprint density at radius 3 is 2.04 bits per heavy atom. The van der Waals surface area contributed by atoms with E-state index in [0.29, 0.717) is 11.9 Å². The Labute approximate surface area is 143 Å². The normalized spacial score (nSPS) is 11.2. The molecule has 0 amide bonds. The summed E-state index contributed by atoms with van der Waals surface area (Å²) in [5.74, 6) is 0.189. The average molecular weight is 335 g/mol. The van der Waals surface area contributed by atoms with E-state index in [4.69, 9.17) is 0 Å². The Morgan fingerprint density at radius 1 is 0.960 bits per heavy atom. The maximum atomic E-state index is 11.3. The number of imidazole rings is 2. The van der Waals surface area contributed by atoms with E-state index < -0.39 is 5.97 Å². The highest BCUT2D eigenvalue weighted by Gasteiger charge is 2.16. The first-order valence-electron chi connectivity index (χ1n) is 8.06. The van der Waals surface area contributed by atoms with Crippen molar-refractivity contribution in [3.8, 4) is 0 Å². The van der Waals surface area contributed by atoms with Crippen LogP contribution >= 0.6 is 0 Å². The van der Waals surface area contributed by atoms with Gasteiger partial charge in [0.05, 0.1) is 22.1 Å². The molecule has 25 heavy (non-hydrogen) atoms. The highest BCUT2D eigenvalue weighted by Crippen LogP contribution is 2.25. The molecule has 126 valence electrons. The van der Waals surface area contributed by atoms with Gasteiger partial charge in [-0.2, -0.15) is 0 Å². The van der Waals surface area contributed by atoms with E-state index in [1.807, 2.05) is 60.0 Å². The van der Waals surface area contributed by atoms with Crippen molar-refractivity contribution < 1.29 is 9.90 Å². The Kier molecular flexibility index (Phi) is 3.61. The number of benzene rings is 2. The third-order valence-corrected chi connectivity index (χ3v) is 4.14. The van der Waals surface area contributed by atoms with Gasteiger partial charge in [-0.1, -0.05) is 24.3 Å². The molecule has 0 aliphatic rings. The zero-order valence-electron chi connectivity index (χ0n) is 13.7. The molecular formula is C18H17N5O2. The van der Waals surface area contributed by atoms with Gasteiger partial charge in [-0.05, 0) is 31.2 Å². The number of fused-ring (bicyclic) bond motifs is 2. The minimum Gasteiger partial charge on any atom is -0.480 e. The van der Waals surface area contributed by atoms with Crippen molar-refractivity contribution in [1.82, 2.24) is 19.1 Å². The third-order valence-electron chi connectivity index (χ3n) is 4.14. The molecule has 7 heteroatoms. The summed E-state index contributed by atoms with van der Waals surface area (Å²) in [6, 6.07) is 15.3. The number of anilines is 2. The van der Waals surface area contributed by atoms with Crippen LogP contribution in [0.2, 0.25) is 0 Å². The van der Waals surface area contributed by atoms with Crippen molar-refractivity contribution in [3.63, 3.8) is 0 Å². The number of rotatable bonds is 5. The smallest absolute Gasteiger partial charge is 0.323 e. The van der Waals surface area contributed by atoms with E-state index >= 15 is 0 Å². The summed E-state index contributed by atoms with van der Waals surface area (Å²) in [5, 5.41) is 12.5. The van der Waals surface area contributed by atoms with Gasteiger partial charge in [0.25, 0.3) is 0 Å². The highest BCUT2D eigenvalue weighted by molar-refractivity contribution is 5.83. The fourth-order valence-corrected chi connectivity index (χ4v) is 3.06. The summed E-state index contributed by atoms with van der Waals surface area (Å²) in [7, 11) is 0. The number of nitrogens with one attached hydrogen (secondary N) is 1. The summed E-state index contributed by atoms with van der Waals surface area (Å²) in [6.45, 7) is 2.61. The summed E-state index contributed by atoms with van der Waals surface area (Å²) in [6.07, 6.45) is 0. The zero-order valence-corrected chi connectivity index (χ0v) is 13.7. The van der Waals surface area contributed by atoms with Crippen LogP contribution in [0.1, 0.15) is 6.92 Å². The number of carbonyl (C=O) groups is 1. The van der Waals surface area contributed by atoms with Gasteiger partial charge in [0.2, 0.25) is 11.9 Å². The fraction of sp³-hybridized carbons (Fsp3) is 0.167. The first-order chi connectivity index (χ1) is 12.2. The minimum atomic E-state index is -0.921. The van der Waals surface area contributed by atoms with Gasteiger partial charge < -0.3 is 9.67 Å². The van der Waals surface area contributed by atoms with Gasteiger partial charge >= 0.3 is 5.97 Å². The molecule has 0 radical (unpaired) electrons. The molecule has 2 N–H and O–H groups in total. The van der Waals surface area contributed by atoms with Crippen LogP contribution in [0.15, 0.2) is 48.5 Å². The molecule has 0 spiro atoms. The van der Waals surface area contributed by atoms with Crippen LogP contribution < -0.4 is 5.32 Å². The fourth-order valence-electron chi connectivity index (χ4n) is 3.06. The maximum absolute atomic E-state index is 11.3. The maximum Gasteiger partial charge on any atom is 0.323 e. The number of para-hydroxylation sites is 4. The molecule has 2 aromatic carbocycles. The van der Waals surface area contributed by atoms with Crippen molar-refractivity contribution in [2.45, 2.75) is 20.0 Å². The number of aryl methyl sites for hydroxylation is 1. The van der Waals surface area contributed by atoms with E-state index in [1.165, 1.54) is 0 Å². The molecule has 2 aromatic heterocycles. The molecule has 4 aromatic rings. The predicted octanol–water partition coefficient (Wildman–Crippen LogP) is 3.23. The van der Waals surface area contributed by atoms with Crippen molar-refractivity contribution in [3.05, 3.63) is 48.5 Å². The minimum absolute atomic E-state index is 0.171. The van der Waals surface area contributed by atoms with Crippen LogP contribution in [0.5, 0.6) is 0 Å². The molecule has 0 saturated heterocycles. The number of aromatic nitrogens is 4. The monoisotopic (exact) mass is 335 g/mol. The molecule has 0 fully saturated rings. The lowest BCUT2D eigenvalue weighted by atomic mass is 10.3. The zero-order chi connectivity index (χ0) is 17.4. The molecule has 0 aliphatic carbocycles. The molecule has 7 nitrogen and oxygen atoms in total. The summed E-state index contributed by atoms with van der Waals surface area (Å²) >= 11 is 0. The molecule has 2 heterocycles. The quantitative estimate of drug-likeness (QED) is 0.585. The van der Waals surface area contributed by atoms with Crippen LogP contribution in [0.4, 0.5) is 11.9 Å². The second-order valence-corrected chi connectivity index (χ2v) is 5.70. The second kappa shape index (κ2) is 5.94. The summed E-state index contributed by atoms with van der Waals surface area (Å²) in [5.41, 5.74) is 3.41. The Hall–Kier alpha value is -3.35. The van der Waals surface area contributed by atoms with Gasteiger partial charge in [0, 0.05) is 6.54 Å². The van der Waals surface area contributed by atoms with Crippen molar-refractivity contribution in [2.24, 2.45) is 0 Å². The lowest BCUT2D eigenvalue weighted by Gasteiger charge is -2.10. The van der Waals surface area contributed by atoms with Gasteiger partial charge in [0.1, 0.15) is 6.54 Å². The van der Waals surface area contributed by atoms with Crippen molar-refractivity contribution in [2.75, 3.05) is 5.32 Å². The lowest BCUT2D eigenvalue weighted by Crippen LogP contribution is -2.13. The number of hydrogen-bond donors (Lipinski definition) is 2. The molecule has 0 bridgehead atoms.